The van der Waals surface area contributed by atoms with Crippen LogP contribution in [0.5, 0.6) is 5.75 Å². The zero-order valence-electron chi connectivity index (χ0n) is 14.9. The summed E-state index contributed by atoms with van der Waals surface area (Å²) >= 11 is 3.49. The summed E-state index contributed by atoms with van der Waals surface area (Å²) in [5.41, 5.74) is 3.06. The highest BCUT2D eigenvalue weighted by molar-refractivity contribution is 9.10. The van der Waals surface area contributed by atoms with Gasteiger partial charge in [-0.2, -0.15) is 4.98 Å². The lowest BCUT2D eigenvalue weighted by Gasteiger charge is -2.28. The number of hydrogen-bond donors (Lipinski definition) is 2. The summed E-state index contributed by atoms with van der Waals surface area (Å²) in [6.07, 6.45) is 0. The Morgan fingerprint density at radius 3 is 2.63 bits per heavy atom. The second-order valence-electron chi connectivity index (χ2n) is 6.13. The molecule has 27 heavy (non-hydrogen) atoms. The molecular formula is C19H20BrN5O2. The van der Waals surface area contributed by atoms with Gasteiger partial charge in [-0.05, 0) is 58.4 Å². The predicted molar refractivity (Wildman–Crippen MR) is 109 cm³/mol. The van der Waals surface area contributed by atoms with Crippen molar-refractivity contribution in [2.24, 2.45) is 0 Å². The van der Waals surface area contributed by atoms with Crippen molar-refractivity contribution in [1.82, 2.24) is 15.2 Å². The number of hydrogen-bond acceptors (Lipinski definition) is 6. The van der Waals surface area contributed by atoms with Crippen LogP contribution in [-0.2, 0) is 4.74 Å². The molecule has 7 nitrogen and oxygen atoms in total. The summed E-state index contributed by atoms with van der Waals surface area (Å²) in [5.74, 6) is 1.99. The molecule has 8 heteroatoms. The fourth-order valence-electron chi connectivity index (χ4n) is 2.97. The maximum Gasteiger partial charge on any atom is 0.246 e. The number of aromatic nitrogens is 3. The minimum atomic E-state index is 0.524. The van der Waals surface area contributed by atoms with Crippen LogP contribution in [0.25, 0.3) is 11.4 Å². The number of halogens is 1. The van der Waals surface area contributed by atoms with Crippen LogP contribution in [0, 0.1) is 0 Å². The van der Waals surface area contributed by atoms with Gasteiger partial charge in [-0.3, -0.25) is 5.10 Å². The van der Waals surface area contributed by atoms with Crippen molar-refractivity contribution in [3.05, 3.63) is 46.9 Å². The first-order valence-electron chi connectivity index (χ1n) is 8.69. The van der Waals surface area contributed by atoms with Crippen LogP contribution >= 0.6 is 15.9 Å². The van der Waals surface area contributed by atoms with Crippen molar-refractivity contribution in [3.8, 4) is 17.1 Å². The number of aromatic amines is 1. The molecule has 1 fully saturated rings. The van der Waals surface area contributed by atoms with Crippen molar-refractivity contribution in [2.75, 3.05) is 43.6 Å². The van der Waals surface area contributed by atoms with E-state index in [0.29, 0.717) is 11.8 Å². The van der Waals surface area contributed by atoms with Crippen molar-refractivity contribution in [2.45, 2.75) is 0 Å². The van der Waals surface area contributed by atoms with E-state index in [1.807, 2.05) is 30.3 Å². The van der Waals surface area contributed by atoms with E-state index in [4.69, 9.17) is 9.47 Å². The third-order valence-electron chi connectivity index (χ3n) is 4.41. The largest absolute Gasteiger partial charge is 0.496 e. The van der Waals surface area contributed by atoms with E-state index in [1.54, 1.807) is 7.11 Å². The average molecular weight is 430 g/mol. The van der Waals surface area contributed by atoms with Crippen LogP contribution in [0.1, 0.15) is 0 Å². The van der Waals surface area contributed by atoms with Gasteiger partial charge in [-0.1, -0.05) is 0 Å². The lowest BCUT2D eigenvalue weighted by atomic mass is 10.2. The molecule has 1 saturated heterocycles. The van der Waals surface area contributed by atoms with Gasteiger partial charge >= 0.3 is 0 Å². The highest BCUT2D eigenvalue weighted by Gasteiger charge is 2.12. The Hall–Kier alpha value is -2.58. The molecule has 0 amide bonds. The third-order valence-corrected chi connectivity index (χ3v) is 5.03. The van der Waals surface area contributed by atoms with E-state index in [2.05, 4.69) is 53.5 Å². The van der Waals surface area contributed by atoms with Crippen molar-refractivity contribution < 1.29 is 9.47 Å². The Morgan fingerprint density at radius 2 is 1.93 bits per heavy atom. The van der Waals surface area contributed by atoms with Gasteiger partial charge in [0.2, 0.25) is 5.95 Å². The fourth-order valence-corrected chi connectivity index (χ4v) is 3.51. The molecule has 0 aliphatic carbocycles. The number of H-pyrrole nitrogens is 1. The first kappa shape index (κ1) is 17.8. The van der Waals surface area contributed by atoms with Crippen molar-refractivity contribution in [3.63, 3.8) is 0 Å². The molecule has 0 radical (unpaired) electrons. The number of rotatable bonds is 5. The molecule has 0 unspecified atom stereocenters. The fraction of sp³-hybridized carbons (Fsp3) is 0.263. The molecule has 140 valence electrons. The number of morpholine rings is 1. The first-order chi connectivity index (χ1) is 13.2. The molecule has 1 aromatic heterocycles. The molecule has 2 aromatic carbocycles. The van der Waals surface area contributed by atoms with Crippen LogP contribution in [0.3, 0.4) is 0 Å². The number of nitrogens with zero attached hydrogens (tertiary/aromatic N) is 3. The van der Waals surface area contributed by atoms with Gasteiger partial charge in [-0.25, -0.2) is 0 Å². The van der Waals surface area contributed by atoms with Gasteiger partial charge in [0, 0.05) is 30.0 Å². The highest BCUT2D eigenvalue weighted by Crippen LogP contribution is 2.29. The first-order valence-corrected chi connectivity index (χ1v) is 9.48. The summed E-state index contributed by atoms with van der Waals surface area (Å²) in [4.78, 5) is 6.84. The maximum atomic E-state index is 5.40. The van der Waals surface area contributed by atoms with Crippen LogP contribution in [-0.4, -0.2) is 48.6 Å². The molecule has 4 rings (SSSR count). The van der Waals surface area contributed by atoms with Crippen molar-refractivity contribution >= 4 is 33.3 Å². The zero-order valence-corrected chi connectivity index (χ0v) is 16.5. The minimum Gasteiger partial charge on any atom is -0.496 e. The number of ether oxygens (including phenoxy) is 2. The van der Waals surface area contributed by atoms with Gasteiger partial charge < -0.3 is 19.7 Å². The van der Waals surface area contributed by atoms with Gasteiger partial charge in [0.25, 0.3) is 0 Å². The van der Waals surface area contributed by atoms with Crippen molar-refractivity contribution in [1.29, 1.82) is 0 Å². The van der Waals surface area contributed by atoms with E-state index < -0.39 is 0 Å². The number of benzene rings is 2. The molecule has 0 bridgehead atoms. The zero-order chi connectivity index (χ0) is 18.6. The van der Waals surface area contributed by atoms with Crippen LogP contribution < -0.4 is 15.0 Å². The monoisotopic (exact) mass is 429 g/mol. The normalized spacial score (nSPS) is 14.2. The summed E-state index contributed by atoms with van der Waals surface area (Å²) < 4.78 is 11.5. The second-order valence-corrected chi connectivity index (χ2v) is 6.98. The maximum absolute atomic E-state index is 5.40. The molecule has 2 N–H and O–H groups in total. The van der Waals surface area contributed by atoms with Gasteiger partial charge in [0.15, 0.2) is 5.82 Å². The van der Waals surface area contributed by atoms with E-state index in [9.17, 15) is 0 Å². The second kappa shape index (κ2) is 7.98. The molecule has 1 aliphatic rings. The van der Waals surface area contributed by atoms with Gasteiger partial charge in [0.1, 0.15) is 5.75 Å². The average Bonchev–Trinajstić information content (AvgIpc) is 3.18. The van der Waals surface area contributed by atoms with E-state index in [0.717, 1.165) is 47.8 Å². The highest BCUT2D eigenvalue weighted by atomic mass is 79.9. The molecular weight excluding hydrogens is 410 g/mol. The van der Waals surface area contributed by atoms with E-state index >= 15 is 0 Å². The number of nitrogens with one attached hydrogen (secondary N) is 2. The van der Waals surface area contributed by atoms with E-state index in [1.165, 1.54) is 5.69 Å². The third kappa shape index (κ3) is 4.06. The Kier molecular flexibility index (Phi) is 5.26. The molecule has 0 spiro atoms. The minimum absolute atomic E-state index is 0.524. The molecule has 0 atom stereocenters. The Balaban J connectivity index is 1.45. The topological polar surface area (TPSA) is 75.3 Å². The number of anilines is 3. The standard InChI is InChI=1S/C19H20BrN5O2/c1-26-17-7-2-13(12-16(17)20)18-22-19(24-23-18)21-14-3-5-15(6-4-14)25-8-10-27-11-9-25/h2-7,12H,8-11H2,1H3,(H2,21,22,23,24). The molecule has 1 aliphatic heterocycles. The summed E-state index contributed by atoms with van der Waals surface area (Å²) in [5, 5.41) is 10.4. The molecule has 2 heterocycles. The number of methoxy groups -OCH3 is 1. The summed E-state index contributed by atoms with van der Waals surface area (Å²) in [7, 11) is 1.64. The predicted octanol–water partition coefficient (Wildman–Crippen LogP) is 3.82. The van der Waals surface area contributed by atoms with Gasteiger partial charge in [-0.15, -0.1) is 5.10 Å². The molecule has 0 saturated carbocycles. The van der Waals surface area contributed by atoms with Gasteiger partial charge in [0.05, 0.1) is 24.8 Å². The van der Waals surface area contributed by atoms with E-state index in [-0.39, 0.29) is 0 Å². The Bertz CT molecular complexity index is 907. The lowest BCUT2D eigenvalue weighted by molar-refractivity contribution is 0.122. The van der Waals surface area contributed by atoms with Crippen LogP contribution in [0.15, 0.2) is 46.9 Å². The quantitative estimate of drug-likeness (QED) is 0.641. The lowest BCUT2D eigenvalue weighted by Crippen LogP contribution is -2.36. The summed E-state index contributed by atoms with van der Waals surface area (Å²) in [6, 6.07) is 14.0. The Labute approximate surface area is 165 Å². The Morgan fingerprint density at radius 1 is 1.15 bits per heavy atom. The van der Waals surface area contributed by atoms with Crippen LogP contribution in [0.4, 0.5) is 17.3 Å². The SMILES string of the molecule is COc1ccc(-c2nc(Nc3ccc(N4CCOCC4)cc3)n[nH]2)cc1Br. The van der Waals surface area contributed by atoms with Crippen LogP contribution in [0.2, 0.25) is 0 Å². The summed E-state index contributed by atoms with van der Waals surface area (Å²) in [6.45, 7) is 3.41. The molecule has 3 aromatic rings. The smallest absolute Gasteiger partial charge is 0.246 e.